The molecule has 4 aliphatic carbocycles. The Labute approximate surface area is 150 Å². The zero-order valence-corrected chi connectivity index (χ0v) is 15.5. The molecule has 0 amide bonds. The van der Waals surface area contributed by atoms with Gasteiger partial charge in [0.25, 0.3) is 0 Å². The first-order valence-corrected chi connectivity index (χ1v) is 10.2. The molecule has 0 aromatic heterocycles. The van der Waals surface area contributed by atoms with E-state index in [1.165, 1.54) is 24.8 Å². The van der Waals surface area contributed by atoms with Crippen molar-refractivity contribution in [1.29, 1.82) is 0 Å². The van der Waals surface area contributed by atoms with Gasteiger partial charge in [-0.25, -0.2) is 0 Å². The molecule has 1 saturated heterocycles. The Balaban J connectivity index is 1.52. The fourth-order valence-electron chi connectivity index (χ4n) is 7.44. The number of rotatable bonds is 0. The third-order valence-electron chi connectivity index (χ3n) is 8.97. The molecule has 1 heterocycles. The maximum atomic E-state index is 11.9. The first-order valence-electron chi connectivity index (χ1n) is 10.2. The quantitative estimate of drug-likeness (QED) is 0.672. The number of fused-ring (bicyclic) bond motifs is 6. The van der Waals surface area contributed by atoms with Gasteiger partial charge in [0.05, 0.1) is 6.10 Å². The van der Waals surface area contributed by atoms with Crippen LogP contribution in [0.2, 0.25) is 0 Å². The Hall–Kier alpha value is -1.09. The highest BCUT2D eigenvalue weighted by atomic mass is 16.6. The fraction of sp³-hybridized carbons (Fsp3) is 0.773. The summed E-state index contributed by atoms with van der Waals surface area (Å²) in [7, 11) is 0. The lowest BCUT2D eigenvalue weighted by Crippen LogP contribution is -2.53. The second-order valence-corrected chi connectivity index (χ2v) is 9.76. The molecule has 1 N–H and O–H groups in total. The summed E-state index contributed by atoms with van der Waals surface area (Å²) in [5, 5.41) is 10.1. The van der Waals surface area contributed by atoms with E-state index < -0.39 is 0 Å². The Morgan fingerprint density at radius 3 is 2.64 bits per heavy atom. The molecule has 0 aromatic carbocycles. The molecule has 0 radical (unpaired) electrons. The monoisotopic (exact) mass is 342 g/mol. The largest absolute Gasteiger partial charge is 0.458 e. The molecule has 0 aromatic rings. The van der Waals surface area contributed by atoms with Gasteiger partial charge in [0.2, 0.25) is 0 Å². The molecule has 0 bridgehead atoms. The summed E-state index contributed by atoms with van der Waals surface area (Å²) in [5.74, 6) is 1.90. The molecule has 3 nitrogen and oxygen atoms in total. The number of esters is 1. The number of hydrogen-bond acceptors (Lipinski definition) is 3. The van der Waals surface area contributed by atoms with Gasteiger partial charge in [0.15, 0.2) is 0 Å². The molecule has 2 saturated carbocycles. The average Bonchev–Trinajstić information content (AvgIpc) is 3.10. The minimum Gasteiger partial charge on any atom is -0.458 e. The molecule has 7 atom stereocenters. The molecule has 5 rings (SSSR count). The number of ether oxygens (including phenoxy) is 1. The predicted octanol–water partition coefficient (Wildman–Crippen LogP) is 4.16. The van der Waals surface area contributed by atoms with Crippen LogP contribution in [-0.4, -0.2) is 22.8 Å². The molecule has 136 valence electrons. The number of allylic oxidation sites excluding steroid dienone is 3. The van der Waals surface area contributed by atoms with Crippen LogP contribution in [0.4, 0.5) is 0 Å². The van der Waals surface area contributed by atoms with Crippen LogP contribution in [0.5, 0.6) is 0 Å². The van der Waals surface area contributed by atoms with Crippen molar-refractivity contribution >= 4 is 5.97 Å². The van der Waals surface area contributed by atoms with Crippen LogP contribution in [0.15, 0.2) is 23.8 Å². The summed E-state index contributed by atoms with van der Waals surface area (Å²) < 4.78 is 6.00. The van der Waals surface area contributed by atoms with E-state index in [4.69, 9.17) is 4.74 Å². The lowest BCUT2D eigenvalue weighted by Gasteiger charge is -2.57. The van der Waals surface area contributed by atoms with E-state index in [0.29, 0.717) is 24.2 Å². The van der Waals surface area contributed by atoms with Crippen LogP contribution in [0.3, 0.4) is 0 Å². The molecule has 25 heavy (non-hydrogen) atoms. The van der Waals surface area contributed by atoms with Crippen LogP contribution < -0.4 is 0 Å². The number of hydrogen-bond donors (Lipinski definition) is 1. The Kier molecular flexibility index (Phi) is 3.22. The van der Waals surface area contributed by atoms with E-state index >= 15 is 0 Å². The van der Waals surface area contributed by atoms with Gasteiger partial charge < -0.3 is 9.84 Å². The van der Waals surface area contributed by atoms with Crippen molar-refractivity contribution in [2.45, 2.75) is 76.9 Å². The zero-order valence-electron chi connectivity index (χ0n) is 15.5. The van der Waals surface area contributed by atoms with Crippen molar-refractivity contribution in [1.82, 2.24) is 0 Å². The average molecular weight is 342 g/mol. The Morgan fingerprint density at radius 1 is 1.08 bits per heavy atom. The van der Waals surface area contributed by atoms with Crippen molar-refractivity contribution in [3.8, 4) is 0 Å². The maximum absolute atomic E-state index is 11.9. The van der Waals surface area contributed by atoms with Gasteiger partial charge in [0, 0.05) is 11.8 Å². The van der Waals surface area contributed by atoms with Gasteiger partial charge in [0.1, 0.15) is 5.60 Å². The van der Waals surface area contributed by atoms with Crippen LogP contribution in [0, 0.1) is 28.6 Å². The topological polar surface area (TPSA) is 46.5 Å². The third-order valence-corrected chi connectivity index (χ3v) is 8.97. The van der Waals surface area contributed by atoms with E-state index in [9.17, 15) is 9.90 Å². The number of carbonyl (C=O) groups is 1. The minimum absolute atomic E-state index is 0.0154. The molecule has 3 fully saturated rings. The molecular weight excluding hydrogens is 312 g/mol. The van der Waals surface area contributed by atoms with Gasteiger partial charge in [-0.2, -0.15) is 0 Å². The lowest BCUT2D eigenvalue weighted by atomic mass is 9.48. The fourth-order valence-corrected chi connectivity index (χ4v) is 7.44. The van der Waals surface area contributed by atoms with Crippen LogP contribution in [0.25, 0.3) is 0 Å². The zero-order chi connectivity index (χ0) is 17.4. The lowest BCUT2D eigenvalue weighted by molar-refractivity contribution is -0.165. The van der Waals surface area contributed by atoms with Crippen molar-refractivity contribution in [2.75, 3.05) is 0 Å². The summed E-state index contributed by atoms with van der Waals surface area (Å²) in [6, 6.07) is 0. The normalized spacial score (nSPS) is 53.9. The minimum atomic E-state index is -0.272. The van der Waals surface area contributed by atoms with Crippen molar-refractivity contribution in [3.63, 3.8) is 0 Å². The molecule has 1 spiro atoms. The molecule has 5 aliphatic rings. The van der Waals surface area contributed by atoms with Crippen LogP contribution >= 0.6 is 0 Å². The molecular formula is C22H30O3. The third kappa shape index (κ3) is 1.94. The van der Waals surface area contributed by atoms with E-state index in [1.807, 2.05) is 0 Å². The molecule has 0 unspecified atom stereocenters. The van der Waals surface area contributed by atoms with E-state index in [1.54, 1.807) is 0 Å². The summed E-state index contributed by atoms with van der Waals surface area (Å²) in [6.45, 7) is 4.83. The SMILES string of the molecule is C[C@]12CC[C@H](O)C=C1C=C[C@@H]1[C@@H]2CC[C@@]2(C)[C@H]1CC[C@]21CCC(=O)O1. The first kappa shape index (κ1) is 16.1. The molecule has 1 aliphatic heterocycles. The predicted molar refractivity (Wildman–Crippen MR) is 95.7 cm³/mol. The van der Waals surface area contributed by atoms with E-state index in [2.05, 4.69) is 32.1 Å². The van der Waals surface area contributed by atoms with E-state index in [-0.39, 0.29) is 28.5 Å². The van der Waals surface area contributed by atoms with Crippen LogP contribution in [-0.2, 0) is 9.53 Å². The van der Waals surface area contributed by atoms with Crippen molar-refractivity contribution < 1.29 is 14.6 Å². The van der Waals surface area contributed by atoms with Crippen molar-refractivity contribution in [3.05, 3.63) is 23.8 Å². The number of carbonyl (C=O) groups excluding carboxylic acids is 1. The van der Waals surface area contributed by atoms with Gasteiger partial charge in [-0.05, 0) is 73.7 Å². The van der Waals surface area contributed by atoms with Crippen molar-refractivity contribution in [2.24, 2.45) is 28.6 Å². The van der Waals surface area contributed by atoms with Gasteiger partial charge in [-0.1, -0.05) is 32.1 Å². The highest BCUT2D eigenvalue weighted by Gasteiger charge is 2.66. The van der Waals surface area contributed by atoms with E-state index in [0.717, 1.165) is 25.7 Å². The number of aliphatic hydroxyl groups is 1. The standard InChI is InChI=1S/C22H30O3/c1-20-9-5-15(23)13-14(20)3-4-16-17(20)6-10-21(2)18(16)7-11-22(21)12-8-19(24)25-22/h3-4,13,15-18,23H,5-12H2,1-2H3/t15-,16+,17-,18-,20-,21-,22-/m0/s1. The summed E-state index contributed by atoms with van der Waals surface area (Å²) in [4.78, 5) is 11.9. The highest BCUT2D eigenvalue weighted by molar-refractivity contribution is 5.72. The first-order chi connectivity index (χ1) is 11.9. The highest BCUT2D eigenvalue weighted by Crippen LogP contribution is 2.68. The summed E-state index contributed by atoms with van der Waals surface area (Å²) in [6.07, 6.45) is 14.7. The van der Waals surface area contributed by atoms with Gasteiger partial charge in [-0.15, -0.1) is 0 Å². The number of aliphatic hydroxyl groups excluding tert-OH is 1. The second-order valence-electron chi connectivity index (χ2n) is 9.76. The smallest absolute Gasteiger partial charge is 0.306 e. The Morgan fingerprint density at radius 2 is 1.88 bits per heavy atom. The van der Waals surface area contributed by atoms with Crippen LogP contribution in [0.1, 0.15) is 65.2 Å². The van der Waals surface area contributed by atoms with Gasteiger partial charge in [-0.3, -0.25) is 4.79 Å². The summed E-state index contributed by atoms with van der Waals surface area (Å²) >= 11 is 0. The second kappa shape index (κ2) is 5.00. The Bertz CT molecular complexity index is 679. The summed E-state index contributed by atoms with van der Waals surface area (Å²) in [5.41, 5.74) is 1.52. The molecule has 3 heteroatoms. The van der Waals surface area contributed by atoms with Gasteiger partial charge >= 0.3 is 5.97 Å². The maximum Gasteiger partial charge on any atom is 0.306 e.